The molecule has 0 aromatic carbocycles. The van der Waals surface area contributed by atoms with Crippen LogP contribution in [-0.2, 0) is 4.79 Å². The van der Waals surface area contributed by atoms with Gasteiger partial charge in [-0.1, -0.05) is 0 Å². The number of quaternary nitrogens is 1. The minimum atomic E-state index is -1.36. The van der Waals surface area contributed by atoms with Crippen LogP contribution in [0.4, 0.5) is 0 Å². The SMILES string of the molecule is C[NH2+]CCN(C)CCN(CCN(C)CC(O)O)CC(=O)O. The minimum Gasteiger partial charge on any atom is -0.480 e. The van der Waals surface area contributed by atoms with E-state index in [2.05, 4.69) is 10.2 Å². The summed E-state index contributed by atoms with van der Waals surface area (Å²) in [6, 6.07) is 0. The molecule has 0 bridgehead atoms. The first kappa shape index (κ1) is 20.2. The Labute approximate surface area is 126 Å². The number of nitrogens with zero attached hydrogens (tertiary/aromatic N) is 3. The van der Waals surface area contributed by atoms with Crippen LogP contribution in [0.2, 0.25) is 0 Å². The number of aliphatic carboxylic acids is 1. The van der Waals surface area contributed by atoms with Gasteiger partial charge in [-0.25, -0.2) is 0 Å². The van der Waals surface area contributed by atoms with Gasteiger partial charge in [0.25, 0.3) is 0 Å². The Kier molecular flexibility index (Phi) is 11.4. The summed E-state index contributed by atoms with van der Waals surface area (Å²) >= 11 is 0. The normalized spacial score (nSPS) is 12.0. The van der Waals surface area contributed by atoms with E-state index in [4.69, 9.17) is 15.3 Å². The van der Waals surface area contributed by atoms with E-state index in [1.807, 2.05) is 19.0 Å². The Morgan fingerprint density at radius 2 is 1.62 bits per heavy atom. The van der Waals surface area contributed by atoms with Crippen molar-refractivity contribution in [3.8, 4) is 0 Å². The molecule has 0 atom stereocenters. The summed E-state index contributed by atoms with van der Waals surface area (Å²) in [5.41, 5.74) is 0. The number of hydrogen-bond acceptors (Lipinski definition) is 6. The Morgan fingerprint density at radius 1 is 1.05 bits per heavy atom. The maximum absolute atomic E-state index is 10.9. The molecule has 0 saturated carbocycles. The van der Waals surface area contributed by atoms with E-state index < -0.39 is 12.3 Å². The third kappa shape index (κ3) is 12.7. The van der Waals surface area contributed by atoms with Gasteiger partial charge in [-0.2, -0.15) is 0 Å². The molecule has 0 aliphatic rings. The highest BCUT2D eigenvalue weighted by Crippen LogP contribution is 1.94. The quantitative estimate of drug-likeness (QED) is 0.265. The van der Waals surface area contributed by atoms with Crippen molar-refractivity contribution in [3.63, 3.8) is 0 Å². The molecule has 0 spiro atoms. The van der Waals surface area contributed by atoms with Gasteiger partial charge in [0.05, 0.1) is 20.1 Å². The zero-order chi connectivity index (χ0) is 16.3. The lowest BCUT2D eigenvalue weighted by Gasteiger charge is -2.26. The standard InChI is InChI=1S/C13H30N4O4/c1-14-4-5-15(2)6-8-17(11-13(20)21)9-7-16(3)10-12(18)19/h12,14,18-19H,4-11H2,1-3H3,(H,20,21)/p+1. The summed E-state index contributed by atoms with van der Waals surface area (Å²) in [7, 11) is 5.83. The molecule has 8 heteroatoms. The zero-order valence-electron chi connectivity index (χ0n) is 13.4. The Morgan fingerprint density at radius 3 is 2.10 bits per heavy atom. The third-order valence-electron chi connectivity index (χ3n) is 3.23. The van der Waals surface area contributed by atoms with Crippen molar-refractivity contribution in [2.24, 2.45) is 0 Å². The smallest absolute Gasteiger partial charge is 0.317 e. The first-order valence-electron chi connectivity index (χ1n) is 7.30. The van der Waals surface area contributed by atoms with Crippen LogP contribution in [0, 0.1) is 0 Å². The lowest BCUT2D eigenvalue weighted by atomic mass is 10.4. The highest BCUT2D eigenvalue weighted by molar-refractivity contribution is 5.69. The lowest BCUT2D eigenvalue weighted by Crippen LogP contribution is -2.81. The van der Waals surface area contributed by atoms with E-state index in [0.717, 1.165) is 19.6 Å². The summed E-state index contributed by atoms with van der Waals surface area (Å²) in [5.74, 6) is -0.843. The van der Waals surface area contributed by atoms with E-state index in [1.165, 1.54) is 0 Å². The van der Waals surface area contributed by atoms with Gasteiger partial charge in [0.1, 0.15) is 0 Å². The largest absolute Gasteiger partial charge is 0.480 e. The Balaban J connectivity index is 4.10. The molecule has 0 radical (unpaired) electrons. The van der Waals surface area contributed by atoms with Crippen molar-refractivity contribution in [1.29, 1.82) is 0 Å². The van der Waals surface area contributed by atoms with Crippen LogP contribution in [0.25, 0.3) is 0 Å². The molecule has 21 heavy (non-hydrogen) atoms. The molecule has 0 aliphatic carbocycles. The van der Waals surface area contributed by atoms with Gasteiger partial charge in [0.15, 0.2) is 6.29 Å². The predicted molar refractivity (Wildman–Crippen MR) is 80.0 cm³/mol. The van der Waals surface area contributed by atoms with Gasteiger partial charge in [-0.05, 0) is 14.1 Å². The van der Waals surface area contributed by atoms with Gasteiger partial charge in [-0.15, -0.1) is 0 Å². The van der Waals surface area contributed by atoms with Crippen molar-refractivity contribution >= 4 is 5.97 Å². The molecular formula is C13H31N4O4+. The highest BCUT2D eigenvalue weighted by atomic mass is 16.5. The lowest BCUT2D eigenvalue weighted by molar-refractivity contribution is -0.626. The summed E-state index contributed by atoms with van der Waals surface area (Å²) in [4.78, 5) is 16.7. The zero-order valence-corrected chi connectivity index (χ0v) is 13.4. The minimum absolute atomic E-state index is 0.00324. The van der Waals surface area contributed by atoms with Crippen molar-refractivity contribution < 1.29 is 25.4 Å². The molecule has 0 amide bonds. The summed E-state index contributed by atoms with van der Waals surface area (Å²) < 4.78 is 0. The fourth-order valence-electron chi connectivity index (χ4n) is 1.92. The van der Waals surface area contributed by atoms with Crippen LogP contribution in [0.1, 0.15) is 0 Å². The molecule has 0 fully saturated rings. The van der Waals surface area contributed by atoms with Crippen LogP contribution in [0.15, 0.2) is 0 Å². The van der Waals surface area contributed by atoms with E-state index in [-0.39, 0.29) is 13.1 Å². The molecule has 0 heterocycles. The van der Waals surface area contributed by atoms with Gasteiger partial charge in [0.2, 0.25) is 0 Å². The number of hydrogen-bond donors (Lipinski definition) is 4. The maximum Gasteiger partial charge on any atom is 0.317 e. The molecule has 0 rings (SSSR count). The number of nitrogens with two attached hydrogens (primary N) is 1. The molecule has 0 saturated heterocycles. The molecule has 126 valence electrons. The summed E-state index contributed by atoms with van der Waals surface area (Å²) in [5, 5.41) is 28.8. The number of carboxylic acid groups (broad SMARTS) is 1. The topological polar surface area (TPSA) is 104 Å². The van der Waals surface area contributed by atoms with Crippen LogP contribution in [0.3, 0.4) is 0 Å². The highest BCUT2D eigenvalue weighted by Gasteiger charge is 2.12. The molecule has 0 unspecified atom stereocenters. The van der Waals surface area contributed by atoms with Crippen molar-refractivity contribution in [2.75, 3.05) is 73.5 Å². The second-order valence-corrected chi connectivity index (χ2v) is 5.41. The monoisotopic (exact) mass is 307 g/mol. The molecule has 0 aliphatic heterocycles. The van der Waals surface area contributed by atoms with E-state index >= 15 is 0 Å². The number of rotatable bonds is 13. The maximum atomic E-state index is 10.9. The number of likely N-dealkylation sites (N-methyl/N-ethyl adjacent to an activating group) is 3. The summed E-state index contributed by atoms with van der Waals surface area (Å²) in [6.45, 7) is 4.83. The van der Waals surface area contributed by atoms with Crippen LogP contribution in [-0.4, -0.2) is 116 Å². The van der Waals surface area contributed by atoms with Crippen LogP contribution < -0.4 is 5.32 Å². The predicted octanol–water partition coefficient (Wildman–Crippen LogP) is -3.26. The molecule has 8 nitrogen and oxygen atoms in total. The van der Waals surface area contributed by atoms with Crippen LogP contribution in [0.5, 0.6) is 0 Å². The van der Waals surface area contributed by atoms with E-state index in [9.17, 15) is 4.79 Å². The average molecular weight is 307 g/mol. The fraction of sp³-hybridized carbons (Fsp3) is 0.923. The molecule has 0 aromatic heterocycles. The number of carboxylic acids is 1. The second kappa shape index (κ2) is 11.8. The van der Waals surface area contributed by atoms with Crippen molar-refractivity contribution in [1.82, 2.24) is 14.7 Å². The fourth-order valence-corrected chi connectivity index (χ4v) is 1.92. The van der Waals surface area contributed by atoms with Crippen LogP contribution >= 0.6 is 0 Å². The summed E-state index contributed by atoms with van der Waals surface area (Å²) in [6.07, 6.45) is -1.36. The first-order valence-corrected chi connectivity index (χ1v) is 7.30. The number of aliphatic hydroxyl groups is 2. The van der Waals surface area contributed by atoms with Gasteiger partial charge >= 0.3 is 5.97 Å². The number of carbonyl (C=O) groups is 1. The van der Waals surface area contributed by atoms with Gasteiger partial charge in [0, 0.05) is 39.3 Å². The third-order valence-corrected chi connectivity index (χ3v) is 3.23. The van der Waals surface area contributed by atoms with Gasteiger partial charge in [-0.3, -0.25) is 14.6 Å². The molecular weight excluding hydrogens is 276 g/mol. The molecule has 5 N–H and O–H groups in total. The Bertz CT molecular complexity index is 279. The number of aliphatic hydroxyl groups excluding tert-OH is 1. The van der Waals surface area contributed by atoms with Crippen molar-refractivity contribution in [3.05, 3.63) is 0 Å². The van der Waals surface area contributed by atoms with E-state index in [0.29, 0.717) is 19.6 Å². The Hall–Kier alpha value is -0.770. The first-order chi connectivity index (χ1) is 9.85. The van der Waals surface area contributed by atoms with Crippen molar-refractivity contribution in [2.45, 2.75) is 6.29 Å². The second-order valence-electron chi connectivity index (χ2n) is 5.41. The molecule has 0 aromatic rings. The van der Waals surface area contributed by atoms with E-state index in [1.54, 1.807) is 11.9 Å². The average Bonchev–Trinajstić information content (AvgIpc) is 2.38. The van der Waals surface area contributed by atoms with Gasteiger partial charge < -0.3 is 25.5 Å².